The van der Waals surface area contributed by atoms with E-state index in [9.17, 15) is 9.59 Å². The van der Waals surface area contributed by atoms with Crippen molar-refractivity contribution in [1.82, 2.24) is 4.98 Å². The number of halogens is 2. The van der Waals surface area contributed by atoms with Crippen molar-refractivity contribution in [2.75, 3.05) is 29.9 Å². The molecule has 0 bridgehead atoms. The van der Waals surface area contributed by atoms with Gasteiger partial charge in [-0.15, -0.1) is 0 Å². The number of esters is 1. The summed E-state index contributed by atoms with van der Waals surface area (Å²) in [6, 6.07) is 7.05. The Bertz CT molecular complexity index is 822. The van der Waals surface area contributed by atoms with Crippen LogP contribution in [0.3, 0.4) is 0 Å². The number of benzene rings is 1. The Morgan fingerprint density at radius 1 is 1.15 bits per heavy atom. The van der Waals surface area contributed by atoms with Crippen LogP contribution in [0.1, 0.15) is 29.8 Å². The first-order valence-corrected chi connectivity index (χ1v) is 9.25. The minimum Gasteiger partial charge on any atom is -0.452 e. The third kappa shape index (κ3) is 5.34. The first-order chi connectivity index (χ1) is 12.9. The van der Waals surface area contributed by atoms with Crippen molar-refractivity contribution in [3.8, 4) is 0 Å². The molecule has 6 nitrogen and oxygen atoms in total. The molecule has 0 radical (unpaired) electrons. The average Bonchev–Trinajstić information content (AvgIpc) is 2.68. The van der Waals surface area contributed by atoms with Crippen LogP contribution in [0.25, 0.3) is 0 Å². The lowest BCUT2D eigenvalue weighted by molar-refractivity contribution is -0.119. The van der Waals surface area contributed by atoms with Gasteiger partial charge in [0.1, 0.15) is 0 Å². The summed E-state index contributed by atoms with van der Waals surface area (Å²) in [5, 5.41) is 3.14. The van der Waals surface area contributed by atoms with Crippen molar-refractivity contribution in [3.63, 3.8) is 0 Å². The number of carbonyl (C=O) groups is 2. The van der Waals surface area contributed by atoms with E-state index in [2.05, 4.69) is 29.0 Å². The first-order valence-electron chi connectivity index (χ1n) is 8.49. The fourth-order valence-corrected chi connectivity index (χ4v) is 2.81. The van der Waals surface area contributed by atoms with Crippen molar-refractivity contribution in [2.45, 2.75) is 20.8 Å². The van der Waals surface area contributed by atoms with Crippen LogP contribution in [0.5, 0.6) is 0 Å². The molecule has 0 saturated carbocycles. The minimum atomic E-state index is -0.581. The number of hydrogen-bond donors (Lipinski definition) is 1. The second-order valence-electron chi connectivity index (χ2n) is 5.74. The lowest BCUT2D eigenvalue weighted by atomic mass is 10.2. The average molecular weight is 410 g/mol. The van der Waals surface area contributed by atoms with Gasteiger partial charge in [0, 0.05) is 25.0 Å². The summed E-state index contributed by atoms with van der Waals surface area (Å²) in [6.07, 6.45) is 1.39. The Kier molecular flexibility index (Phi) is 7.45. The predicted octanol–water partition coefficient (Wildman–Crippen LogP) is 4.34. The largest absolute Gasteiger partial charge is 0.452 e. The number of anilines is 2. The van der Waals surface area contributed by atoms with Gasteiger partial charge in [0.2, 0.25) is 0 Å². The van der Waals surface area contributed by atoms with Crippen LogP contribution in [0.4, 0.5) is 11.5 Å². The zero-order valence-electron chi connectivity index (χ0n) is 15.4. The Hall–Kier alpha value is -2.31. The number of nitrogens with zero attached hydrogens (tertiary/aromatic N) is 2. The van der Waals surface area contributed by atoms with E-state index in [0.29, 0.717) is 16.1 Å². The monoisotopic (exact) mass is 409 g/mol. The van der Waals surface area contributed by atoms with Crippen LogP contribution in [0, 0.1) is 6.92 Å². The van der Waals surface area contributed by atoms with Crippen molar-refractivity contribution in [1.29, 1.82) is 0 Å². The number of amides is 1. The van der Waals surface area contributed by atoms with Gasteiger partial charge in [-0.1, -0.05) is 23.2 Å². The zero-order valence-corrected chi connectivity index (χ0v) is 16.9. The summed E-state index contributed by atoms with van der Waals surface area (Å²) >= 11 is 12.0. The molecule has 8 heteroatoms. The Morgan fingerprint density at radius 3 is 2.37 bits per heavy atom. The Balaban J connectivity index is 1.93. The van der Waals surface area contributed by atoms with Gasteiger partial charge in [0.25, 0.3) is 5.91 Å². The molecule has 0 fully saturated rings. The molecule has 2 aromatic rings. The third-order valence-electron chi connectivity index (χ3n) is 4.03. The van der Waals surface area contributed by atoms with Crippen molar-refractivity contribution in [2.24, 2.45) is 0 Å². The van der Waals surface area contributed by atoms with Gasteiger partial charge in [-0.2, -0.15) is 0 Å². The van der Waals surface area contributed by atoms with Crippen molar-refractivity contribution >= 4 is 46.6 Å². The highest BCUT2D eigenvalue weighted by Gasteiger charge is 2.14. The number of aromatic nitrogens is 1. The van der Waals surface area contributed by atoms with Gasteiger partial charge in [0.15, 0.2) is 12.4 Å². The summed E-state index contributed by atoms with van der Waals surface area (Å²) < 4.78 is 5.05. The number of hydrogen-bond acceptors (Lipinski definition) is 5. The summed E-state index contributed by atoms with van der Waals surface area (Å²) in [4.78, 5) is 30.2. The van der Waals surface area contributed by atoms with E-state index in [0.717, 1.165) is 18.8 Å². The maximum atomic E-state index is 12.1. The van der Waals surface area contributed by atoms with Gasteiger partial charge in [-0.25, -0.2) is 9.78 Å². The highest BCUT2D eigenvalue weighted by Crippen LogP contribution is 2.28. The van der Waals surface area contributed by atoms with Crippen molar-refractivity contribution < 1.29 is 14.3 Å². The molecule has 1 aromatic carbocycles. The summed E-state index contributed by atoms with van der Waals surface area (Å²) in [6.45, 7) is 7.14. The SMILES string of the molecule is CCN(CC)c1ccc(C(=O)OCC(=O)Nc2ncc(Cl)c(C)c2Cl)cc1. The number of rotatable bonds is 7. The standard InChI is InChI=1S/C19H21Cl2N3O3/c1-4-24(5-2)14-8-6-13(7-9-14)19(26)27-11-16(25)23-18-17(21)12(3)15(20)10-22-18/h6-10H,4-5,11H2,1-3H3,(H,22,23,25). The summed E-state index contributed by atoms with van der Waals surface area (Å²) in [7, 11) is 0. The molecule has 1 aromatic heterocycles. The lowest BCUT2D eigenvalue weighted by Gasteiger charge is -2.20. The molecule has 0 atom stereocenters. The predicted molar refractivity (Wildman–Crippen MR) is 108 cm³/mol. The summed E-state index contributed by atoms with van der Waals surface area (Å²) in [5.74, 6) is -0.954. The van der Waals surface area contributed by atoms with Gasteiger partial charge in [-0.05, 0) is 50.6 Å². The highest BCUT2D eigenvalue weighted by atomic mass is 35.5. The minimum absolute atomic E-state index is 0.170. The third-order valence-corrected chi connectivity index (χ3v) is 4.87. The molecule has 27 heavy (non-hydrogen) atoms. The molecule has 0 spiro atoms. The zero-order chi connectivity index (χ0) is 20.0. The Labute approximate surface area is 168 Å². The molecule has 144 valence electrons. The van der Waals surface area contributed by atoms with Crippen LogP contribution < -0.4 is 10.2 Å². The van der Waals surface area contributed by atoms with E-state index in [4.69, 9.17) is 27.9 Å². The van der Waals surface area contributed by atoms with E-state index in [1.54, 1.807) is 19.1 Å². The Morgan fingerprint density at radius 2 is 1.78 bits per heavy atom. The van der Waals surface area contributed by atoms with Crippen LogP contribution in [-0.4, -0.2) is 36.6 Å². The highest BCUT2D eigenvalue weighted by molar-refractivity contribution is 6.37. The van der Waals surface area contributed by atoms with E-state index in [1.807, 2.05) is 12.1 Å². The van der Waals surface area contributed by atoms with Gasteiger partial charge < -0.3 is 15.0 Å². The topological polar surface area (TPSA) is 71.5 Å². The van der Waals surface area contributed by atoms with E-state index >= 15 is 0 Å². The number of nitrogens with one attached hydrogen (secondary N) is 1. The van der Waals surface area contributed by atoms with Crippen LogP contribution in [0.2, 0.25) is 10.0 Å². The second-order valence-corrected chi connectivity index (χ2v) is 6.52. The van der Waals surface area contributed by atoms with Crippen molar-refractivity contribution in [3.05, 3.63) is 51.6 Å². The quantitative estimate of drug-likeness (QED) is 0.688. The molecule has 0 aliphatic heterocycles. The maximum Gasteiger partial charge on any atom is 0.338 e. The second kappa shape index (κ2) is 9.58. The smallest absolute Gasteiger partial charge is 0.338 e. The number of carbonyl (C=O) groups excluding carboxylic acids is 2. The molecule has 0 unspecified atom stereocenters. The van der Waals surface area contributed by atoms with E-state index in [1.165, 1.54) is 6.20 Å². The van der Waals surface area contributed by atoms with Crippen LogP contribution >= 0.6 is 23.2 Å². The van der Waals surface area contributed by atoms with Crippen LogP contribution in [-0.2, 0) is 9.53 Å². The fourth-order valence-electron chi connectivity index (χ4n) is 2.42. The number of ether oxygens (including phenoxy) is 1. The van der Waals surface area contributed by atoms with Gasteiger partial charge in [-0.3, -0.25) is 4.79 Å². The molecule has 1 amide bonds. The first kappa shape index (κ1) is 21.0. The molecule has 1 N–H and O–H groups in total. The molecule has 2 rings (SSSR count). The molecule has 0 aliphatic carbocycles. The van der Waals surface area contributed by atoms with Gasteiger partial charge in [0.05, 0.1) is 15.6 Å². The van der Waals surface area contributed by atoms with Gasteiger partial charge >= 0.3 is 5.97 Å². The van der Waals surface area contributed by atoms with E-state index in [-0.39, 0.29) is 10.8 Å². The van der Waals surface area contributed by atoms with E-state index < -0.39 is 18.5 Å². The molecular weight excluding hydrogens is 389 g/mol. The normalized spacial score (nSPS) is 10.4. The molecular formula is C19H21Cl2N3O3. The molecule has 0 saturated heterocycles. The fraction of sp³-hybridized carbons (Fsp3) is 0.316. The maximum absolute atomic E-state index is 12.1. The molecule has 1 heterocycles. The number of pyridine rings is 1. The summed E-state index contributed by atoms with van der Waals surface area (Å²) in [5.41, 5.74) is 2.00. The lowest BCUT2D eigenvalue weighted by Crippen LogP contribution is -2.22. The van der Waals surface area contributed by atoms with Crippen LogP contribution in [0.15, 0.2) is 30.5 Å². The molecule has 0 aliphatic rings.